The molecule has 3 aromatic heterocycles. The van der Waals surface area contributed by atoms with Crippen LogP contribution in [-0.2, 0) is 25.7 Å². The largest absolute Gasteiger partial charge is 0.322 e. The Hall–Kier alpha value is -1.77. The zero-order valence-corrected chi connectivity index (χ0v) is 19.5. The molecule has 5 nitrogen and oxygen atoms in total. The molecule has 0 saturated heterocycles. The van der Waals surface area contributed by atoms with Gasteiger partial charge in [0.1, 0.15) is 4.83 Å². The summed E-state index contributed by atoms with van der Waals surface area (Å²) in [5, 5.41) is 2.63. The molecule has 5 rings (SSSR count). The first-order valence-corrected chi connectivity index (χ1v) is 12.8. The van der Waals surface area contributed by atoms with Crippen LogP contribution in [0.3, 0.4) is 0 Å². The number of fused-ring (bicyclic) bond motifs is 4. The molecule has 0 fully saturated rings. The number of aryl methyl sites for hydroxylation is 2. The summed E-state index contributed by atoms with van der Waals surface area (Å²) in [4.78, 5) is 33.1. The standard InChI is InChI=1S/C22H25N3O2S3/c1-12-8-9-13-15(11-29-17(13)10-12)19(26)24-25-21(27)18-14-6-4-2-3-5-7-16(14)30-20(18)23-22(25)28/h11-12H,2-10H2,1H3,(H,23,28)(H,24,26). The molecule has 158 valence electrons. The molecular weight excluding hydrogens is 434 g/mol. The van der Waals surface area contributed by atoms with Crippen LogP contribution in [0.5, 0.6) is 0 Å². The van der Waals surface area contributed by atoms with Crippen LogP contribution >= 0.6 is 34.9 Å². The number of hydrogen-bond donors (Lipinski definition) is 2. The summed E-state index contributed by atoms with van der Waals surface area (Å²) in [5.41, 5.74) is 5.56. The molecule has 0 bridgehead atoms. The van der Waals surface area contributed by atoms with Crippen molar-refractivity contribution in [2.75, 3.05) is 5.43 Å². The maximum Gasteiger partial charge on any atom is 0.282 e. The highest BCUT2D eigenvalue weighted by molar-refractivity contribution is 7.71. The lowest BCUT2D eigenvalue weighted by atomic mass is 9.88. The van der Waals surface area contributed by atoms with E-state index in [1.165, 1.54) is 27.3 Å². The van der Waals surface area contributed by atoms with E-state index in [0.717, 1.165) is 60.9 Å². The zero-order valence-electron chi connectivity index (χ0n) is 17.0. The molecule has 2 aliphatic rings. The van der Waals surface area contributed by atoms with Gasteiger partial charge in [0.05, 0.1) is 10.9 Å². The van der Waals surface area contributed by atoms with Crippen molar-refractivity contribution in [3.05, 3.63) is 46.9 Å². The number of H-pyrrole nitrogens is 1. The van der Waals surface area contributed by atoms with Gasteiger partial charge in [0.2, 0.25) is 4.77 Å². The Kier molecular flexibility index (Phi) is 5.41. The van der Waals surface area contributed by atoms with E-state index in [4.69, 9.17) is 12.2 Å². The fraction of sp³-hybridized carbons (Fsp3) is 0.500. The second kappa shape index (κ2) is 8.05. The van der Waals surface area contributed by atoms with E-state index in [9.17, 15) is 9.59 Å². The van der Waals surface area contributed by atoms with Crippen molar-refractivity contribution in [2.24, 2.45) is 5.92 Å². The van der Waals surface area contributed by atoms with E-state index in [0.29, 0.717) is 16.9 Å². The van der Waals surface area contributed by atoms with Gasteiger partial charge in [-0.3, -0.25) is 15.0 Å². The molecule has 30 heavy (non-hydrogen) atoms. The quantitative estimate of drug-likeness (QED) is 0.508. The lowest BCUT2D eigenvalue weighted by Gasteiger charge is -2.19. The number of rotatable bonds is 2. The Morgan fingerprint density at radius 2 is 1.97 bits per heavy atom. The van der Waals surface area contributed by atoms with Gasteiger partial charge in [-0.1, -0.05) is 19.8 Å². The van der Waals surface area contributed by atoms with E-state index in [-0.39, 0.29) is 16.2 Å². The van der Waals surface area contributed by atoms with E-state index < -0.39 is 0 Å². The molecule has 2 aliphatic carbocycles. The van der Waals surface area contributed by atoms with Gasteiger partial charge < -0.3 is 4.98 Å². The first-order chi connectivity index (χ1) is 14.5. The van der Waals surface area contributed by atoms with Gasteiger partial charge in [0.15, 0.2) is 0 Å². The summed E-state index contributed by atoms with van der Waals surface area (Å²) in [6.07, 6.45) is 9.67. The monoisotopic (exact) mass is 459 g/mol. The topological polar surface area (TPSA) is 66.9 Å². The number of aromatic amines is 1. The molecule has 0 radical (unpaired) electrons. The van der Waals surface area contributed by atoms with Crippen molar-refractivity contribution in [1.82, 2.24) is 9.66 Å². The number of nitrogens with one attached hydrogen (secondary N) is 2. The van der Waals surface area contributed by atoms with Crippen LogP contribution in [0.4, 0.5) is 0 Å². The van der Waals surface area contributed by atoms with Crippen molar-refractivity contribution in [3.63, 3.8) is 0 Å². The molecule has 0 saturated carbocycles. The summed E-state index contributed by atoms with van der Waals surface area (Å²) in [6, 6.07) is 0. The average molecular weight is 460 g/mol. The first kappa shape index (κ1) is 20.2. The van der Waals surface area contributed by atoms with E-state index in [2.05, 4.69) is 17.3 Å². The minimum Gasteiger partial charge on any atom is -0.322 e. The summed E-state index contributed by atoms with van der Waals surface area (Å²) in [5.74, 6) is 0.408. The Labute approximate surface area is 188 Å². The molecule has 3 heterocycles. The molecular formula is C22H25N3O2S3. The minimum absolute atomic E-state index is 0.210. The minimum atomic E-state index is -0.249. The highest BCUT2D eigenvalue weighted by Gasteiger charge is 2.24. The van der Waals surface area contributed by atoms with Gasteiger partial charge in [0, 0.05) is 15.1 Å². The fourth-order valence-corrected chi connectivity index (χ4v) is 7.54. The van der Waals surface area contributed by atoms with Gasteiger partial charge >= 0.3 is 0 Å². The van der Waals surface area contributed by atoms with E-state index in [1.54, 1.807) is 22.7 Å². The average Bonchev–Trinajstić information content (AvgIpc) is 3.25. The number of carbonyl (C=O) groups excluding carboxylic acids is 1. The third kappa shape index (κ3) is 3.48. The predicted molar refractivity (Wildman–Crippen MR) is 126 cm³/mol. The van der Waals surface area contributed by atoms with Crippen molar-refractivity contribution in [1.29, 1.82) is 0 Å². The number of nitrogens with zero attached hydrogens (tertiary/aromatic N) is 1. The van der Waals surface area contributed by atoms with E-state index >= 15 is 0 Å². The molecule has 1 amide bonds. The second-order valence-electron chi connectivity index (χ2n) is 8.53. The maximum absolute atomic E-state index is 13.4. The lowest BCUT2D eigenvalue weighted by molar-refractivity contribution is 0.101. The smallest absolute Gasteiger partial charge is 0.282 e. The first-order valence-electron chi connectivity index (χ1n) is 10.7. The van der Waals surface area contributed by atoms with Gasteiger partial charge in [-0.15, -0.1) is 22.7 Å². The number of amides is 1. The molecule has 1 unspecified atom stereocenters. The van der Waals surface area contributed by atoms with Crippen LogP contribution in [0.25, 0.3) is 10.2 Å². The Bertz CT molecular complexity index is 1250. The van der Waals surface area contributed by atoms with Crippen LogP contribution in [0.2, 0.25) is 0 Å². The second-order valence-corrected chi connectivity index (χ2v) is 11.0. The fourth-order valence-electron chi connectivity index (χ4n) is 4.72. The highest BCUT2D eigenvalue weighted by atomic mass is 32.1. The van der Waals surface area contributed by atoms with Crippen molar-refractivity contribution < 1.29 is 4.79 Å². The summed E-state index contributed by atoms with van der Waals surface area (Å²) in [6.45, 7) is 2.25. The Morgan fingerprint density at radius 1 is 1.17 bits per heavy atom. The van der Waals surface area contributed by atoms with E-state index in [1.807, 2.05) is 5.38 Å². The predicted octanol–water partition coefficient (Wildman–Crippen LogP) is 5.35. The van der Waals surface area contributed by atoms with Crippen LogP contribution in [0, 0.1) is 10.7 Å². The van der Waals surface area contributed by atoms with Crippen LogP contribution in [0.1, 0.15) is 70.3 Å². The van der Waals surface area contributed by atoms with Crippen LogP contribution < -0.4 is 11.0 Å². The molecule has 8 heteroatoms. The molecule has 0 spiro atoms. The lowest BCUT2D eigenvalue weighted by Crippen LogP contribution is -2.34. The van der Waals surface area contributed by atoms with Gasteiger partial charge in [-0.25, -0.2) is 0 Å². The Morgan fingerprint density at radius 3 is 2.80 bits per heavy atom. The number of aromatic nitrogens is 2. The van der Waals surface area contributed by atoms with Gasteiger partial charge in [-0.05, 0) is 74.2 Å². The van der Waals surface area contributed by atoms with Crippen molar-refractivity contribution in [3.8, 4) is 0 Å². The van der Waals surface area contributed by atoms with Gasteiger partial charge in [-0.2, -0.15) is 4.68 Å². The number of hydrogen-bond acceptors (Lipinski definition) is 5. The molecule has 2 N–H and O–H groups in total. The summed E-state index contributed by atoms with van der Waals surface area (Å²) >= 11 is 8.74. The van der Waals surface area contributed by atoms with Crippen molar-refractivity contribution >= 4 is 51.0 Å². The number of carbonyl (C=O) groups is 1. The third-order valence-corrected chi connectivity index (χ3v) is 8.91. The third-order valence-electron chi connectivity index (χ3n) is 6.37. The van der Waals surface area contributed by atoms with Crippen LogP contribution in [-0.4, -0.2) is 15.6 Å². The normalized spacial score (nSPS) is 19.0. The summed E-state index contributed by atoms with van der Waals surface area (Å²) in [7, 11) is 0. The van der Waals surface area contributed by atoms with Gasteiger partial charge in [0.25, 0.3) is 11.5 Å². The Balaban J connectivity index is 1.53. The zero-order chi connectivity index (χ0) is 20.8. The summed E-state index contributed by atoms with van der Waals surface area (Å²) < 4.78 is 1.48. The number of thiophene rings is 2. The SMILES string of the molecule is CC1CCc2c(C(=O)Nn3c(=S)[nH]c4sc5c(c4c3=O)CCCCCC5)csc2C1. The molecule has 0 aromatic carbocycles. The van der Waals surface area contributed by atoms with Crippen LogP contribution in [0.15, 0.2) is 10.2 Å². The molecule has 1 atom stereocenters. The maximum atomic E-state index is 13.4. The molecule has 3 aromatic rings. The van der Waals surface area contributed by atoms with Crippen molar-refractivity contribution in [2.45, 2.75) is 64.7 Å². The highest BCUT2D eigenvalue weighted by Crippen LogP contribution is 2.34. The molecule has 0 aliphatic heterocycles.